The largest absolute Gasteiger partial charge is 0.494 e. The number of benzene rings is 1. The zero-order chi connectivity index (χ0) is 14.5. The van der Waals surface area contributed by atoms with E-state index in [-0.39, 0.29) is 0 Å². The van der Waals surface area contributed by atoms with Crippen LogP contribution >= 0.6 is 0 Å². The first-order valence-corrected chi connectivity index (χ1v) is 6.62. The summed E-state index contributed by atoms with van der Waals surface area (Å²) in [5, 5.41) is 19.6. The third kappa shape index (κ3) is 3.70. The standard InChI is InChI=1S/C15H22O4/c1-4-10-19-12-8-6-11(7-9-12)15(3,18)13(5-2)14(16)17/h6-9,13,18H,4-5,10H2,1-3H3,(H,16,17). The Bertz CT molecular complexity index is 409. The van der Waals surface area contributed by atoms with Crippen LogP contribution in [-0.2, 0) is 10.4 Å². The summed E-state index contributed by atoms with van der Waals surface area (Å²) >= 11 is 0. The summed E-state index contributed by atoms with van der Waals surface area (Å²) in [6, 6.07) is 6.95. The first-order chi connectivity index (χ1) is 8.93. The number of carbonyl (C=O) groups is 1. The Balaban J connectivity index is 2.92. The summed E-state index contributed by atoms with van der Waals surface area (Å²) in [4.78, 5) is 11.2. The number of hydrogen-bond donors (Lipinski definition) is 2. The second kappa shape index (κ2) is 6.57. The fourth-order valence-corrected chi connectivity index (χ4v) is 2.12. The molecule has 0 aliphatic rings. The van der Waals surface area contributed by atoms with Crippen LogP contribution in [0.25, 0.3) is 0 Å². The summed E-state index contributed by atoms with van der Waals surface area (Å²) in [6.45, 7) is 5.96. The molecule has 0 aromatic heterocycles. The van der Waals surface area contributed by atoms with Crippen LogP contribution in [0.1, 0.15) is 39.2 Å². The van der Waals surface area contributed by atoms with Crippen LogP contribution in [0.3, 0.4) is 0 Å². The van der Waals surface area contributed by atoms with Crippen molar-refractivity contribution in [2.24, 2.45) is 5.92 Å². The quantitative estimate of drug-likeness (QED) is 0.796. The second-order valence-corrected chi connectivity index (χ2v) is 4.82. The highest BCUT2D eigenvalue weighted by Gasteiger charge is 2.37. The van der Waals surface area contributed by atoms with Gasteiger partial charge < -0.3 is 14.9 Å². The SMILES string of the molecule is CCCOc1ccc(C(C)(O)C(CC)C(=O)O)cc1. The van der Waals surface area contributed by atoms with Crippen molar-refractivity contribution in [2.45, 2.75) is 39.2 Å². The molecule has 1 aromatic rings. The van der Waals surface area contributed by atoms with E-state index in [1.54, 1.807) is 31.2 Å². The van der Waals surface area contributed by atoms with Crippen molar-refractivity contribution in [1.29, 1.82) is 0 Å². The van der Waals surface area contributed by atoms with E-state index >= 15 is 0 Å². The molecular formula is C15H22O4. The van der Waals surface area contributed by atoms with Crippen LogP contribution in [0.5, 0.6) is 5.75 Å². The molecule has 4 heteroatoms. The molecule has 106 valence electrons. The van der Waals surface area contributed by atoms with Gasteiger partial charge >= 0.3 is 5.97 Å². The number of ether oxygens (including phenoxy) is 1. The molecule has 0 fully saturated rings. The highest BCUT2D eigenvalue weighted by Crippen LogP contribution is 2.32. The van der Waals surface area contributed by atoms with Crippen LogP contribution in [0.4, 0.5) is 0 Å². The van der Waals surface area contributed by atoms with Gasteiger partial charge in [-0.25, -0.2) is 0 Å². The molecule has 0 aliphatic carbocycles. The minimum Gasteiger partial charge on any atom is -0.494 e. The molecule has 0 spiro atoms. The van der Waals surface area contributed by atoms with Crippen molar-refractivity contribution >= 4 is 5.97 Å². The van der Waals surface area contributed by atoms with E-state index in [0.717, 1.165) is 12.2 Å². The van der Waals surface area contributed by atoms with Crippen LogP contribution in [0.2, 0.25) is 0 Å². The topological polar surface area (TPSA) is 66.8 Å². The lowest BCUT2D eigenvalue weighted by atomic mass is 9.81. The lowest BCUT2D eigenvalue weighted by Gasteiger charge is -2.30. The molecule has 2 unspecified atom stereocenters. The van der Waals surface area contributed by atoms with Gasteiger partial charge in [-0.3, -0.25) is 4.79 Å². The maximum atomic E-state index is 11.2. The number of aliphatic carboxylic acids is 1. The summed E-state index contributed by atoms with van der Waals surface area (Å²) in [7, 11) is 0. The lowest BCUT2D eigenvalue weighted by Crippen LogP contribution is -2.36. The van der Waals surface area contributed by atoms with Gasteiger partial charge in [0, 0.05) is 0 Å². The van der Waals surface area contributed by atoms with E-state index in [1.165, 1.54) is 6.92 Å². The van der Waals surface area contributed by atoms with Gasteiger partial charge in [-0.15, -0.1) is 0 Å². The Labute approximate surface area is 114 Å². The molecule has 4 nitrogen and oxygen atoms in total. The summed E-state index contributed by atoms with van der Waals surface area (Å²) in [5.74, 6) is -1.08. The van der Waals surface area contributed by atoms with E-state index in [4.69, 9.17) is 9.84 Å². The van der Waals surface area contributed by atoms with Crippen molar-refractivity contribution in [2.75, 3.05) is 6.61 Å². The van der Waals surface area contributed by atoms with Crippen molar-refractivity contribution in [3.8, 4) is 5.75 Å². The van der Waals surface area contributed by atoms with E-state index in [2.05, 4.69) is 0 Å². The maximum Gasteiger partial charge on any atom is 0.309 e. The molecule has 0 bridgehead atoms. The van der Waals surface area contributed by atoms with Gasteiger partial charge in [0.2, 0.25) is 0 Å². The molecule has 1 aromatic carbocycles. The monoisotopic (exact) mass is 266 g/mol. The third-order valence-electron chi connectivity index (χ3n) is 3.30. The highest BCUT2D eigenvalue weighted by molar-refractivity contribution is 5.71. The predicted octanol–water partition coefficient (Wildman–Crippen LogP) is 2.79. The Morgan fingerprint density at radius 2 is 1.89 bits per heavy atom. The molecule has 0 aliphatic heterocycles. The van der Waals surface area contributed by atoms with E-state index in [9.17, 15) is 9.90 Å². The van der Waals surface area contributed by atoms with Crippen molar-refractivity contribution < 1.29 is 19.7 Å². The molecule has 2 N–H and O–H groups in total. The van der Waals surface area contributed by atoms with Gasteiger partial charge in [-0.2, -0.15) is 0 Å². The van der Waals surface area contributed by atoms with Gasteiger partial charge in [0.1, 0.15) is 11.4 Å². The average molecular weight is 266 g/mol. The molecule has 0 saturated carbocycles. The minimum absolute atomic E-state index is 0.371. The van der Waals surface area contributed by atoms with E-state index < -0.39 is 17.5 Å². The average Bonchev–Trinajstić information content (AvgIpc) is 2.36. The van der Waals surface area contributed by atoms with Crippen molar-refractivity contribution in [1.82, 2.24) is 0 Å². The van der Waals surface area contributed by atoms with Crippen molar-refractivity contribution in [3.63, 3.8) is 0 Å². The van der Waals surface area contributed by atoms with Gasteiger partial charge in [-0.1, -0.05) is 26.0 Å². The molecule has 0 heterocycles. The maximum absolute atomic E-state index is 11.2. The van der Waals surface area contributed by atoms with E-state index in [1.807, 2.05) is 6.92 Å². The highest BCUT2D eigenvalue weighted by atomic mass is 16.5. The first kappa shape index (κ1) is 15.5. The van der Waals surface area contributed by atoms with Crippen LogP contribution < -0.4 is 4.74 Å². The van der Waals surface area contributed by atoms with Crippen LogP contribution in [-0.4, -0.2) is 22.8 Å². The Morgan fingerprint density at radius 1 is 1.32 bits per heavy atom. The molecule has 2 atom stereocenters. The Kier molecular flexibility index (Phi) is 5.36. The molecule has 0 radical (unpaired) electrons. The number of carboxylic acids is 1. The predicted molar refractivity (Wildman–Crippen MR) is 73.2 cm³/mol. The first-order valence-electron chi connectivity index (χ1n) is 6.62. The van der Waals surface area contributed by atoms with Crippen LogP contribution in [0.15, 0.2) is 24.3 Å². The van der Waals surface area contributed by atoms with E-state index in [0.29, 0.717) is 18.6 Å². The van der Waals surface area contributed by atoms with Gasteiger partial charge in [0.05, 0.1) is 12.5 Å². The summed E-state index contributed by atoms with van der Waals surface area (Å²) in [6.07, 6.45) is 1.30. The third-order valence-corrected chi connectivity index (χ3v) is 3.30. The second-order valence-electron chi connectivity index (χ2n) is 4.82. The minimum atomic E-state index is -1.39. The number of carboxylic acid groups (broad SMARTS) is 1. The summed E-state index contributed by atoms with van der Waals surface area (Å²) in [5.41, 5.74) is -0.797. The van der Waals surface area contributed by atoms with Crippen molar-refractivity contribution in [3.05, 3.63) is 29.8 Å². The fraction of sp³-hybridized carbons (Fsp3) is 0.533. The smallest absolute Gasteiger partial charge is 0.309 e. The zero-order valence-corrected chi connectivity index (χ0v) is 11.7. The van der Waals surface area contributed by atoms with Gasteiger partial charge in [-0.05, 0) is 37.5 Å². The number of aliphatic hydroxyl groups is 1. The molecule has 0 amide bonds. The van der Waals surface area contributed by atoms with Gasteiger partial charge in [0.15, 0.2) is 0 Å². The zero-order valence-electron chi connectivity index (χ0n) is 11.7. The normalized spacial score (nSPS) is 15.6. The summed E-state index contributed by atoms with van der Waals surface area (Å²) < 4.78 is 5.46. The number of hydrogen-bond acceptors (Lipinski definition) is 3. The molecule has 0 saturated heterocycles. The Morgan fingerprint density at radius 3 is 2.32 bits per heavy atom. The fourth-order valence-electron chi connectivity index (χ4n) is 2.12. The van der Waals surface area contributed by atoms with Crippen LogP contribution in [0, 0.1) is 5.92 Å². The lowest BCUT2D eigenvalue weighted by molar-refractivity contribution is -0.152. The Hall–Kier alpha value is -1.55. The molecule has 1 rings (SSSR count). The van der Waals surface area contributed by atoms with Gasteiger partial charge in [0.25, 0.3) is 0 Å². The molecule has 19 heavy (non-hydrogen) atoms. The number of rotatable bonds is 7. The molecular weight excluding hydrogens is 244 g/mol.